The summed E-state index contributed by atoms with van der Waals surface area (Å²) >= 11 is 0. The van der Waals surface area contributed by atoms with Gasteiger partial charge in [0, 0.05) is 13.0 Å². The molecule has 0 heterocycles. The summed E-state index contributed by atoms with van der Waals surface area (Å²) in [6.45, 7) is -0.496. The van der Waals surface area contributed by atoms with Gasteiger partial charge < -0.3 is 10.1 Å². The Hall–Kier alpha value is -2.07. The fourth-order valence-electron chi connectivity index (χ4n) is 1.42. The first-order valence-electron chi connectivity index (χ1n) is 5.86. The molecule has 1 N–H and O–H groups in total. The van der Waals surface area contributed by atoms with Crippen LogP contribution in [0.1, 0.15) is 18.4 Å². The zero-order valence-corrected chi connectivity index (χ0v) is 10.5. The number of halogens is 3. The predicted molar refractivity (Wildman–Crippen MR) is 65.9 cm³/mol. The Bertz CT molecular complexity index is 495. The summed E-state index contributed by atoms with van der Waals surface area (Å²) in [5.74, 6) is -0.514. The number of nitrogens with one attached hydrogen (secondary N) is 1. The van der Waals surface area contributed by atoms with E-state index in [1.54, 1.807) is 24.3 Å². The van der Waals surface area contributed by atoms with Gasteiger partial charge in [0.2, 0.25) is 5.91 Å². The van der Waals surface area contributed by atoms with Crippen LogP contribution in [0.4, 0.5) is 18.9 Å². The first kappa shape index (κ1) is 16.0. The molecular formula is C13H13F3N2O2. The molecule has 0 bridgehead atoms. The Labute approximate surface area is 114 Å². The molecule has 0 aromatic heterocycles. The van der Waals surface area contributed by atoms with Gasteiger partial charge in [0.25, 0.3) is 0 Å². The second kappa shape index (κ2) is 7.50. The number of hydrogen-bond donors (Lipinski definition) is 1. The highest BCUT2D eigenvalue weighted by Crippen LogP contribution is 2.21. The van der Waals surface area contributed by atoms with Gasteiger partial charge in [-0.2, -0.15) is 18.4 Å². The van der Waals surface area contributed by atoms with E-state index in [-0.39, 0.29) is 19.6 Å². The molecule has 1 rings (SSSR count). The highest BCUT2D eigenvalue weighted by molar-refractivity contribution is 5.92. The van der Waals surface area contributed by atoms with Crippen LogP contribution < -0.4 is 5.32 Å². The minimum atomic E-state index is -4.21. The highest BCUT2D eigenvalue weighted by atomic mass is 19.4. The Morgan fingerprint density at radius 2 is 2.05 bits per heavy atom. The molecule has 0 aliphatic heterocycles. The number of carbonyl (C=O) groups excluding carboxylic acids is 1. The molecule has 0 aliphatic carbocycles. The number of alkyl halides is 3. The molecule has 0 aliphatic rings. The van der Waals surface area contributed by atoms with Crippen LogP contribution in [0.5, 0.6) is 0 Å². The minimum absolute atomic E-state index is 0.146. The van der Waals surface area contributed by atoms with E-state index in [9.17, 15) is 18.0 Å². The molecule has 0 spiro atoms. The van der Waals surface area contributed by atoms with Crippen LogP contribution in [0.25, 0.3) is 0 Å². The van der Waals surface area contributed by atoms with Crippen molar-refractivity contribution in [3.8, 4) is 6.07 Å². The summed E-state index contributed by atoms with van der Waals surface area (Å²) in [7, 11) is 0. The van der Waals surface area contributed by atoms with Crippen molar-refractivity contribution in [2.45, 2.75) is 19.0 Å². The maximum atomic E-state index is 11.8. The third-order valence-corrected chi connectivity index (χ3v) is 2.30. The van der Waals surface area contributed by atoms with Gasteiger partial charge in [-0.3, -0.25) is 4.79 Å². The molecule has 1 aromatic rings. The van der Waals surface area contributed by atoms with Gasteiger partial charge in [-0.25, -0.2) is 0 Å². The van der Waals surface area contributed by atoms with E-state index < -0.39 is 18.5 Å². The molecule has 108 valence electrons. The van der Waals surface area contributed by atoms with Crippen molar-refractivity contribution >= 4 is 11.6 Å². The third kappa shape index (κ3) is 6.20. The van der Waals surface area contributed by atoms with Crippen LogP contribution >= 0.6 is 0 Å². The van der Waals surface area contributed by atoms with Crippen LogP contribution in [-0.2, 0) is 9.53 Å². The summed E-state index contributed by atoms with van der Waals surface area (Å²) in [5.41, 5.74) is 0.650. The Balaban J connectivity index is 2.29. The Morgan fingerprint density at radius 1 is 1.35 bits per heavy atom. The van der Waals surface area contributed by atoms with Crippen LogP contribution in [-0.4, -0.2) is 25.3 Å². The number of para-hydroxylation sites is 1. The van der Waals surface area contributed by atoms with Crippen molar-refractivity contribution < 1.29 is 22.7 Å². The minimum Gasteiger partial charge on any atom is -0.372 e. The Kier molecular flexibility index (Phi) is 6.00. The maximum Gasteiger partial charge on any atom is 0.389 e. The van der Waals surface area contributed by atoms with Gasteiger partial charge in [0.15, 0.2) is 0 Å². The molecule has 1 aromatic carbocycles. The molecule has 4 nitrogen and oxygen atoms in total. The number of amides is 1. The average Bonchev–Trinajstić information content (AvgIpc) is 2.37. The molecule has 0 saturated heterocycles. The lowest BCUT2D eigenvalue weighted by Gasteiger charge is -2.08. The summed E-state index contributed by atoms with van der Waals surface area (Å²) < 4.78 is 40.4. The van der Waals surface area contributed by atoms with E-state index in [1.165, 1.54) is 0 Å². The van der Waals surface area contributed by atoms with Gasteiger partial charge in [-0.1, -0.05) is 12.1 Å². The number of anilines is 1. The van der Waals surface area contributed by atoms with Crippen molar-refractivity contribution in [3.05, 3.63) is 29.8 Å². The number of hydrogen-bond acceptors (Lipinski definition) is 3. The smallest absolute Gasteiger partial charge is 0.372 e. The Morgan fingerprint density at radius 3 is 2.70 bits per heavy atom. The largest absolute Gasteiger partial charge is 0.389 e. The number of benzene rings is 1. The van der Waals surface area contributed by atoms with Gasteiger partial charge in [0.05, 0.1) is 11.3 Å². The van der Waals surface area contributed by atoms with Crippen LogP contribution in [0.15, 0.2) is 24.3 Å². The lowest BCUT2D eigenvalue weighted by atomic mass is 10.2. The lowest BCUT2D eigenvalue weighted by Crippen LogP contribution is -2.19. The molecule has 0 atom stereocenters. The van der Waals surface area contributed by atoms with Crippen molar-refractivity contribution in [1.82, 2.24) is 0 Å². The normalized spacial score (nSPS) is 10.9. The highest BCUT2D eigenvalue weighted by Gasteiger charge is 2.25. The van der Waals surface area contributed by atoms with Crippen LogP contribution in [0.3, 0.4) is 0 Å². The van der Waals surface area contributed by atoms with Gasteiger partial charge >= 0.3 is 6.18 Å². The summed E-state index contributed by atoms with van der Waals surface area (Å²) in [6.07, 6.45) is -5.34. The molecule has 0 fully saturated rings. The molecule has 20 heavy (non-hydrogen) atoms. The van der Waals surface area contributed by atoms with Crippen LogP contribution in [0.2, 0.25) is 0 Å². The zero-order valence-electron chi connectivity index (χ0n) is 10.5. The summed E-state index contributed by atoms with van der Waals surface area (Å²) in [6, 6.07) is 8.32. The first-order chi connectivity index (χ1) is 9.42. The fraction of sp³-hybridized carbons (Fsp3) is 0.385. The van der Waals surface area contributed by atoms with E-state index in [0.717, 1.165) is 0 Å². The van der Waals surface area contributed by atoms with Gasteiger partial charge in [-0.05, 0) is 18.6 Å². The molecule has 0 unspecified atom stereocenters. The average molecular weight is 286 g/mol. The van der Waals surface area contributed by atoms with E-state index in [2.05, 4.69) is 5.32 Å². The van der Waals surface area contributed by atoms with E-state index >= 15 is 0 Å². The van der Waals surface area contributed by atoms with Crippen molar-refractivity contribution in [2.24, 2.45) is 0 Å². The first-order valence-corrected chi connectivity index (χ1v) is 5.86. The fourth-order valence-corrected chi connectivity index (χ4v) is 1.42. The number of ether oxygens (including phenoxy) is 1. The molecule has 0 radical (unpaired) electrons. The molecule has 0 saturated carbocycles. The summed E-state index contributed by atoms with van der Waals surface area (Å²) in [5, 5.41) is 11.3. The third-order valence-electron chi connectivity index (χ3n) is 2.30. The zero-order chi connectivity index (χ0) is 15.0. The second-order valence-electron chi connectivity index (χ2n) is 3.98. The topological polar surface area (TPSA) is 62.1 Å². The van der Waals surface area contributed by atoms with Crippen LogP contribution in [0, 0.1) is 11.3 Å². The van der Waals surface area contributed by atoms with Gasteiger partial charge in [0.1, 0.15) is 12.7 Å². The SMILES string of the molecule is N#Cc1ccccc1NC(=O)COCCCC(F)(F)F. The monoisotopic (exact) mass is 286 g/mol. The van der Waals surface area contributed by atoms with Crippen molar-refractivity contribution in [2.75, 3.05) is 18.5 Å². The molecule has 1 amide bonds. The quantitative estimate of drug-likeness (QED) is 0.818. The number of nitrogens with zero attached hydrogens (tertiary/aromatic N) is 1. The number of rotatable bonds is 6. The second-order valence-corrected chi connectivity index (χ2v) is 3.98. The molecule has 7 heteroatoms. The van der Waals surface area contributed by atoms with Crippen molar-refractivity contribution in [1.29, 1.82) is 5.26 Å². The van der Waals surface area contributed by atoms with Gasteiger partial charge in [-0.15, -0.1) is 0 Å². The van der Waals surface area contributed by atoms with E-state index in [1.807, 2.05) is 6.07 Å². The van der Waals surface area contributed by atoms with E-state index in [4.69, 9.17) is 10.00 Å². The number of carbonyl (C=O) groups is 1. The molecular weight excluding hydrogens is 273 g/mol. The lowest BCUT2D eigenvalue weighted by molar-refractivity contribution is -0.138. The summed E-state index contributed by atoms with van der Waals surface area (Å²) in [4.78, 5) is 11.5. The van der Waals surface area contributed by atoms with E-state index in [0.29, 0.717) is 11.3 Å². The standard InChI is InChI=1S/C13H13F3N2O2/c14-13(15,16)6-3-7-20-9-12(19)18-11-5-2-1-4-10(11)8-17/h1-2,4-5H,3,6-7,9H2,(H,18,19). The predicted octanol–water partition coefficient (Wildman–Crippen LogP) is 2.86. The van der Waals surface area contributed by atoms with Crippen molar-refractivity contribution in [3.63, 3.8) is 0 Å². The maximum absolute atomic E-state index is 11.8. The number of nitriles is 1.